The van der Waals surface area contributed by atoms with Crippen LogP contribution in [0.2, 0.25) is 0 Å². The molecule has 3 N–H and O–H groups in total. The predicted molar refractivity (Wildman–Crippen MR) is 102 cm³/mol. The highest BCUT2D eigenvalue weighted by Gasteiger charge is 2.19. The number of carboxylic acid groups (broad SMARTS) is 1. The molecular formula is C18H30N2O5S. The van der Waals surface area contributed by atoms with Crippen LogP contribution < -0.4 is 10.0 Å². The van der Waals surface area contributed by atoms with E-state index >= 15 is 0 Å². The molecule has 7 nitrogen and oxygen atoms in total. The summed E-state index contributed by atoms with van der Waals surface area (Å²) in [7, 11) is -3.77. The zero-order valence-corrected chi connectivity index (χ0v) is 16.7. The van der Waals surface area contributed by atoms with Gasteiger partial charge in [-0.2, -0.15) is 0 Å². The molecule has 0 spiro atoms. The SMILES string of the molecule is CCC[C@@H](C)Nc1ccc(S(=O)(=O)NCCCOC(C)C)cc1C(=O)O. The Hall–Kier alpha value is -1.64. The van der Waals surface area contributed by atoms with Gasteiger partial charge in [-0.25, -0.2) is 17.9 Å². The normalized spacial score (nSPS) is 13.0. The zero-order chi connectivity index (χ0) is 19.7. The smallest absolute Gasteiger partial charge is 0.337 e. The van der Waals surface area contributed by atoms with Crippen LogP contribution in [0.3, 0.4) is 0 Å². The van der Waals surface area contributed by atoms with Crippen molar-refractivity contribution in [2.45, 2.75) is 64.0 Å². The van der Waals surface area contributed by atoms with Crippen LogP contribution in [0.25, 0.3) is 0 Å². The lowest BCUT2D eigenvalue weighted by Crippen LogP contribution is -2.26. The van der Waals surface area contributed by atoms with Crippen molar-refractivity contribution in [2.75, 3.05) is 18.5 Å². The van der Waals surface area contributed by atoms with Crippen LogP contribution in [0.5, 0.6) is 0 Å². The minimum atomic E-state index is -3.77. The van der Waals surface area contributed by atoms with Gasteiger partial charge in [0.15, 0.2) is 0 Å². The topological polar surface area (TPSA) is 105 Å². The summed E-state index contributed by atoms with van der Waals surface area (Å²) in [6.07, 6.45) is 2.49. The van der Waals surface area contributed by atoms with Gasteiger partial charge in [-0.05, 0) is 51.8 Å². The number of rotatable bonds is 12. The van der Waals surface area contributed by atoms with Crippen LogP contribution in [0.4, 0.5) is 5.69 Å². The van der Waals surface area contributed by atoms with E-state index in [0.717, 1.165) is 12.8 Å². The van der Waals surface area contributed by atoms with Gasteiger partial charge >= 0.3 is 5.97 Å². The van der Waals surface area contributed by atoms with Crippen molar-refractivity contribution in [3.8, 4) is 0 Å². The molecule has 0 unspecified atom stereocenters. The fourth-order valence-corrected chi connectivity index (χ4v) is 3.54. The summed E-state index contributed by atoms with van der Waals surface area (Å²) >= 11 is 0. The summed E-state index contributed by atoms with van der Waals surface area (Å²) in [5.41, 5.74) is 0.363. The third kappa shape index (κ3) is 7.31. The molecule has 1 rings (SSSR count). The van der Waals surface area contributed by atoms with E-state index in [0.29, 0.717) is 18.7 Å². The van der Waals surface area contributed by atoms with Gasteiger partial charge < -0.3 is 15.2 Å². The molecule has 0 radical (unpaired) electrons. The summed E-state index contributed by atoms with van der Waals surface area (Å²) in [6.45, 7) is 8.51. The van der Waals surface area contributed by atoms with Crippen molar-refractivity contribution in [3.05, 3.63) is 23.8 Å². The van der Waals surface area contributed by atoms with Crippen molar-refractivity contribution < 1.29 is 23.1 Å². The summed E-state index contributed by atoms with van der Waals surface area (Å²) in [6, 6.07) is 4.21. The van der Waals surface area contributed by atoms with Gasteiger partial charge in [0.25, 0.3) is 0 Å². The molecule has 0 heterocycles. The van der Waals surface area contributed by atoms with Crippen LogP contribution in [-0.2, 0) is 14.8 Å². The number of aromatic carboxylic acids is 1. The maximum Gasteiger partial charge on any atom is 0.337 e. The molecule has 26 heavy (non-hydrogen) atoms. The molecule has 1 atom stereocenters. The third-order valence-electron chi connectivity index (χ3n) is 3.72. The standard InChI is InChI=1S/C18H30N2O5S/c1-5-7-14(4)20-17-9-8-15(12-16(17)18(21)22)26(23,24)19-10-6-11-25-13(2)3/h8-9,12-14,19-20H,5-7,10-11H2,1-4H3,(H,21,22)/t14-/m1/s1. The largest absolute Gasteiger partial charge is 0.478 e. The molecule has 0 amide bonds. The van der Waals surface area contributed by atoms with Gasteiger partial charge in [-0.1, -0.05) is 13.3 Å². The fraction of sp³-hybridized carbons (Fsp3) is 0.611. The minimum Gasteiger partial charge on any atom is -0.478 e. The zero-order valence-electron chi connectivity index (χ0n) is 15.9. The number of anilines is 1. The summed E-state index contributed by atoms with van der Waals surface area (Å²) in [5, 5.41) is 12.6. The first-order valence-corrected chi connectivity index (χ1v) is 10.4. The van der Waals surface area contributed by atoms with Crippen LogP contribution in [0, 0.1) is 0 Å². The highest BCUT2D eigenvalue weighted by Crippen LogP contribution is 2.22. The Morgan fingerprint density at radius 2 is 1.96 bits per heavy atom. The highest BCUT2D eigenvalue weighted by atomic mass is 32.2. The van der Waals surface area contributed by atoms with Gasteiger partial charge in [-0.3, -0.25) is 0 Å². The Kier molecular flexibility index (Phi) is 9.04. The molecule has 148 valence electrons. The number of nitrogens with one attached hydrogen (secondary N) is 2. The van der Waals surface area contributed by atoms with Gasteiger partial charge in [0, 0.05) is 24.9 Å². The van der Waals surface area contributed by atoms with E-state index in [4.69, 9.17) is 4.74 Å². The first-order chi connectivity index (χ1) is 12.2. The average Bonchev–Trinajstić information content (AvgIpc) is 2.54. The molecule has 0 saturated heterocycles. The van der Waals surface area contributed by atoms with E-state index in [1.807, 2.05) is 27.7 Å². The molecule has 8 heteroatoms. The van der Waals surface area contributed by atoms with Crippen molar-refractivity contribution in [2.24, 2.45) is 0 Å². The number of hydrogen-bond acceptors (Lipinski definition) is 5. The molecule has 0 bridgehead atoms. The third-order valence-corrected chi connectivity index (χ3v) is 5.18. The summed E-state index contributed by atoms with van der Waals surface area (Å²) in [5.74, 6) is -1.17. The minimum absolute atomic E-state index is 0.0565. The first kappa shape index (κ1) is 22.4. The van der Waals surface area contributed by atoms with Gasteiger partial charge in [-0.15, -0.1) is 0 Å². The summed E-state index contributed by atoms with van der Waals surface area (Å²) in [4.78, 5) is 11.5. The maximum absolute atomic E-state index is 12.4. The fourth-order valence-electron chi connectivity index (χ4n) is 2.45. The second kappa shape index (κ2) is 10.5. The number of sulfonamides is 1. The quantitative estimate of drug-likeness (QED) is 0.477. The van der Waals surface area contributed by atoms with E-state index in [1.54, 1.807) is 0 Å². The molecule has 1 aromatic rings. The molecular weight excluding hydrogens is 356 g/mol. The first-order valence-electron chi connectivity index (χ1n) is 8.92. The molecule has 0 aromatic heterocycles. The number of carboxylic acids is 1. The Morgan fingerprint density at radius 1 is 1.27 bits per heavy atom. The number of benzene rings is 1. The van der Waals surface area contributed by atoms with Crippen LogP contribution in [0.15, 0.2) is 23.1 Å². The molecule has 0 fully saturated rings. The van der Waals surface area contributed by atoms with Crippen LogP contribution in [-0.4, -0.2) is 44.8 Å². The van der Waals surface area contributed by atoms with Crippen molar-refractivity contribution in [1.29, 1.82) is 0 Å². The lowest BCUT2D eigenvalue weighted by Gasteiger charge is -2.17. The number of hydrogen-bond donors (Lipinski definition) is 3. The Morgan fingerprint density at radius 3 is 2.54 bits per heavy atom. The van der Waals surface area contributed by atoms with E-state index < -0.39 is 16.0 Å². The van der Waals surface area contributed by atoms with Gasteiger partial charge in [0.2, 0.25) is 10.0 Å². The summed E-state index contributed by atoms with van der Waals surface area (Å²) < 4.78 is 32.6. The molecule has 1 aromatic carbocycles. The lowest BCUT2D eigenvalue weighted by atomic mass is 10.1. The van der Waals surface area contributed by atoms with Crippen molar-refractivity contribution in [1.82, 2.24) is 4.72 Å². The second-order valence-corrected chi connectivity index (χ2v) is 8.28. The monoisotopic (exact) mass is 386 g/mol. The number of ether oxygens (including phenoxy) is 1. The Labute approximate surface area is 156 Å². The number of carbonyl (C=O) groups is 1. The van der Waals surface area contributed by atoms with E-state index in [9.17, 15) is 18.3 Å². The second-order valence-electron chi connectivity index (χ2n) is 6.52. The average molecular weight is 387 g/mol. The Bertz CT molecular complexity index is 689. The van der Waals surface area contributed by atoms with E-state index in [1.165, 1.54) is 18.2 Å². The highest BCUT2D eigenvalue weighted by molar-refractivity contribution is 7.89. The van der Waals surface area contributed by atoms with E-state index in [-0.39, 0.29) is 29.1 Å². The molecule has 0 aliphatic rings. The van der Waals surface area contributed by atoms with Crippen LogP contribution >= 0.6 is 0 Å². The van der Waals surface area contributed by atoms with Gasteiger partial charge in [0.1, 0.15) is 0 Å². The van der Waals surface area contributed by atoms with Gasteiger partial charge in [0.05, 0.1) is 16.6 Å². The van der Waals surface area contributed by atoms with Crippen molar-refractivity contribution in [3.63, 3.8) is 0 Å². The molecule has 0 saturated carbocycles. The van der Waals surface area contributed by atoms with Crippen LogP contribution in [0.1, 0.15) is 57.3 Å². The van der Waals surface area contributed by atoms with E-state index in [2.05, 4.69) is 10.0 Å². The predicted octanol–water partition coefficient (Wildman–Crippen LogP) is 3.08. The molecule has 0 aliphatic carbocycles. The molecule has 0 aliphatic heterocycles. The lowest BCUT2D eigenvalue weighted by molar-refractivity contribution is 0.0697. The Balaban J connectivity index is 2.85. The maximum atomic E-state index is 12.4. The van der Waals surface area contributed by atoms with Crippen molar-refractivity contribution >= 4 is 21.7 Å².